The van der Waals surface area contributed by atoms with Crippen LogP contribution in [0.4, 0.5) is 0 Å². The monoisotopic (exact) mass is 895 g/mol. The zero-order valence-electron chi connectivity index (χ0n) is 41.5. The normalized spacial score (nSPS) is 24.2. The molecule has 7 aromatic rings. The minimum Gasteiger partial charge on any atom is -0.325 e. The van der Waals surface area contributed by atoms with Gasteiger partial charge in [-0.1, -0.05) is 156 Å². The van der Waals surface area contributed by atoms with Gasteiger partial charge >= 0.3 is 0 Å². The Morgan fingerprint density at radius 1 is 0.279 bits per heavy atom. The molecule has 5 heterocycles. The molecule has 4 aromatic carbocycles. The summed E-state index contributed by atoms with van der Waals surface area (Å²) in [5.74, 6) is 3.33. The smallest absolute Gasteiger partial charge is 0.137 e. The van der Waals surface area contributed by atoms with Gasteiger partial charge in [-0.15, -0.1) is 0 Å². The van der Waals surface area contributed by atoms with Crippen molar-refractivity contribution >= 4 is 22.6 Å². The average Bonchev–Trinajstić information content (AvgIpc) is 4.08. The fraction of sp³-hybridized carbons (Fsp3) is 0.400. The molecule has 0 saturated heterocycles. The summed E-state index contributed by atoms with van der Waals surface area (Å²) in [7, 11) is 0. The molecule has 8 atom stereocenters. The number of aromatic amines is 2. The van der Waals surface area contributed by atoms with E-state index in [1.807, 2.05) is 24.3 Å². The highest BCUT2D eigenvalue weighted by atomic mass is 15.1. The number of H-pyrrole nitrogens is 2. The molecule has 0 fully saturated rings. The van der Waals surface area contributed by atoms with Gasteiger partial charge < -0.3 is 9.97 Å². The van der Waals surface area contributed by atoms with Crippen molar-refractivity contribution in [3.63, 3.8) is 0 Å². The van der Waals surface area contributed by atoms with Gasteiger partial charge in [0.1, 0.15) is 45.9 Å². The molecule has 0 radical (unpaired) electrons. The Bertz CT molecular complexity index is 3240. The van der Waals surface area contributed by atoms with Gasteiger partial charge in [0.2, 0.25) is 0 Å². The quantitative estimate of drug-likeness (QED) is 0.157. The van der Waals surface area contributed by atoms with E-state index in [0.717, 1.165) is 45.9 Å². The molecular formula is C60H62N8. The molecule has 68 heavy (non-hydrogen) atoms. The van der Waals surface area contributed by atoms with Crippen molar-refractivity contribution in [3.8, 4) is 0 Å². The SMILES string of the molecule is CC(C)(C)c1ccc2c(c1)C1c3ccc(C(C)(C)C)cc3C2C2c3nc(nc4nc(nc5ccc(nc6ccc(n3)[nH]6)[nH]5)C3C5c6ccc(C(C)(C)C)cc6C(c6ccc(C(C)(C)C)cc65)C43)C12. The molecule has 2 aliphatic heterocycles. The molecular weight excluding hydrogens is 833 g/mol. The highest BCUT2D eigenvalue weighted by molar-refractivity contribution is 5.66. The average molecular weight is 895 g/mol. The van der Waals surface area contributed by atoms with E-state index in [9.17, 15) is 0 Å². The predicted molar refractivity (Wildman–Crippen MR) is 271 cm³/mol. The number of rotatable bonds is 0. The minimum atomic E-state index is -0.0425. The Morgan fingerprint density at radius 2 is 0.515 bits per heavy atom. The first-order chi connectivity index (χ1) is 32.2. The van der Waals surface area contributed by atoms with Crippen molar-refractivity contribution in [1.29, 1.82) is 0 Å². The van der Waals surface area contributed by atoms with E-state index in [4.69, 9.17) is 29.9 Å². The molecule has 3 aromatic heterocycles. The van der Waals surface area contributed by atoms with Crippen LogP contribution in [0.2, 0.25) is 0 Å². The molecule has 8 nitrogen and oxygen atoms in total. The van der Waals surface area contributed by atoms with Gasteiger partial charge in [0.25, 0.3) is 0 Å². The Balaban J connectivity index is 1.11. The largest absolute Gasteiger partial charge is 0.325 e. The van der Waals surface area contributed by atoms with Crippen molar-refractivity contribution in [2.75, 3.05) is 0 Å². The van der Waals surface area contributed by atoms with E-state index in [2.05, 4.69) is 166 Å². The lowest BCUT2D eigenvalue weighted by atomic mass is 9.53. The van der Waals surface area contributed by atoms with Gasteiger partial charge in [0, 0.05) is 47.3 Å². The standard InChI is InChI=1S/C60H62N8/c1-57(2,3)29-15-19-35-37(25-29)45-33-17-13-31(59(7,8)9)27-39(33)47(35)51-49(45)53-64-43-23-21-41(62-43)61-42-22-24-44(63-42)65-54-50-46-34-18-14-32(60(10,11)12)28-40(34)48(52(50)56(67-54)68-55(51)66-53)36-20-16-30(26-38(36)46)58(4,5)6/h13-28,45-52H,1-12H3,(H2,61,62,63,64,65,66,67,68). The Kier molecular flexibility index (Phi) is 8.44. The van der Waals surface area contributed by atoms with Crippen LogP contribution in [0, 0.1) is 0 Å². The van der Waals surface area contributed by atoms with E-state index in [1.54, 1.807) is 0 Å². The van der Waals surface area contributed by atoms with Crippen LogP contribution in [0.1, 0.15) is 220 Å². The summed E-state index contributed by atoms with van der Waals surface area (Å²) in [4.78, 5) is 40.2. The predicted octanol–water partition coefficient (Wildman–Crippen LogP) is 13.4. The summed E-state index contributed by atoms with van der Waals surface area (Å²) in [5.41, 5.74) is 19.4. The number of nitrogens with zero attached hydrogens (tertiary/aromatic N) is 6. The Hall–Kier alpha value is -6.28. The lowest BCUT2D eigenvalue weighted by Gasteiger charge is -2.49. The van der Waals surface area contributed by atoms with Crippen LogP contribution in [0.3, 0.4) is 0 Å². The van der Waals surface area contributed by atoms with Crippen LogP contribution in [-0.2, 0) is 21.7 Å². The summed E-state index contributed by atoms with van der Waals surface area (Å²) in [6.07, 6.45) is 0. The lowest BCUT2D eigenvalue weighted by Crippen LogP contribution is -2.37. The summed E-state index contributed by atoms with van der Waals surface area (Å²) in [5, 5.41) is 0. The zero-order valence-corrected chi connectivity index (χ0v) is 41.5. The first-order valence-corrected chi connectivity index (χ1v) is 24.9. The lowest BCUT2D eigenvalue weighted by molar-refractivity contribution is 0.378. The zero-order chi connectivity index (χ0) is 47.1. The maximum absolute atomic E-state index is 5.92. The number of fused-ring (bicyclic) bond motifs is 8. The highest BCUT2D eigenvalue weighted by Gasteiger charge is 2.58. The van der Waals surface area contributed by atoms with Crippen LogP contribution in [-0.4, -0.2) is 39.9 Å². The maximum atomic E-state index is 5.92. The highest BCUT2D eigenvalue weighted by Crippen LogP contribution is 2.68. The first kappa shape index (κ1) is 41.9. The molecule has 2 N–H and O–H groups in total. The van der Waals surface area contributed by atoms with Gasteiger partial charge in [-0.05, 0) is 113 Å². The second-order valence-electron chi connectivity index (χ2n) is 24.9. The molecule has 342 valence electrons. The van der Waals surface area contributed by atoms with Gasteiger partial charge in [0.15, 0.2) is 0 Å². The molecule has 8 heteroatoms. The van der Waals surface area contributed by atoms with Crippen LogP contribution in [0.15, 0.2) is 97.1 Å². The van der Waals surface area contributed by atoms with E-state index in [0.29, 0.717) is 0 Å². The molecule has 8 unspecified atom stereocenters. The van der Waals surface area contributed by atoms with E-state index in [1.165, 1.54) is 66.8 Å². The Morgan fingerprint density at radius 3 is 0.765 bits per heavy atom. The van der Waals surface area contributed by atoms with Crippen LogP contribution in [0.5, 0.6) is 0 Å². The number of benzene rings is 4. The van der Waals surface area contributed by atoms with Gasteiger partial charge in [-0.3, -0.25) is 0 Å². The molecule has 0 spiro atoms. The Labute approximate surface area is 400 Å². The topological polar surface area (TPSA) is 109 Å². The number of aromatic nitrogens is 8. The van der Waals surface area contributed by atoms with E-state index < -0.39 is 0 Å². The second kappa shape index (κ2) is 13.7. The van der Waals surface area contributed by atoms with Gasteiger partial charge in [-0.2, -0.15) is 0 Å². The van der Waals surface area contributed by atoms with Crippen molar-refractivity contribution in [3.05, 3.63) is 187 Å². The molecule has 12 bridgehead atoms. The molecule has 0 amide bonds. The third kappa shape index (κ3) is 6.10. The molecule has 0 saturated carbocycles. The summed E-state index contributed by atoms with van der Waals surface area (Å²) in [6.45, 7) is 27.8. The van der Waals surface area contributed by atoms with Gasteiger partial charge in [-0.25, -0.2) is 29.9 Å². The summed E-state index contributed by atoms with van der Waals surface area (Å²) >= 11 is 0. The van der Waals surface area contributed by atoms with E-state index in [-0.39, 0.29) is 69.0 Å². The second-order valence-corrected chi connectivity index (χ2v) is 24.9. The van der Waals surface area contributed by atoms with Crippen molar-refractivity contribution in [1.82, 2.24) is 39.9 Å². The number of nitrogens with one attached hydrogen (secondary N) is 2. The van der Waals surface area contributed by atoms with Crippen molar-refractivity contribution in [2.24, 2.45) is 0 Å². The first-order valence-electron chi connectivity index (χ1n) is 24.9. The van der Waals surface area contributed by atoms with Crippen LogP contribution in [0.25, 0.3) is 22.6 Å². The van der Waals surface area contributed by atoms with Gasteiger partial charge in [0.05, 0.1) is 0 Å². The third-order valence-electron chi connectivity index (χ3n) is 16.6. The molecule has 6 aliphatic carbocycles. The third-order valence-corrected chi connectivity index (χ3v) is 16.6. The number of hydrogen-bond acceptors (Lipinski definition) is 6. The summed E-state index contributed by atoms with van der Waals surface area (Å²) < 4.78 is 0. The minimum absolute atomic E-state index is 0.00371. The fourth-order valence-electron chi connectivity index (χ4n) is 13.1. The van der Waals surface area contributed by atoms with Crippen LogP contribution < -0.4 is 0 Å². The molecule has 8 aliphatic rings. The summed E-state index contributed by atoms with van der Waals surface area (Å²) in [6, 6.07) is 37.2. The van der Waals surface area contributed by atoms with Crippen molar-refractivity contribution < 1.29 is 0 Å². The van der Waals surface area contributed by atoms with E-state index >= 15 is 0 Å². The number of hydrogen-bond donors (Lipinski definition) is 2. The fourth-order valence-corrected chi connectivity index (χ4v) is 13.1. The van der Waals surface area contributed by atoms with Crippen LogP contribution >= 0.6 is 0 Å². The molecule has 15 rings (SSSR count). The van der Waals surface area contributed by atoms with Crippen molar-refractivity contribution in [2.45, 2.75) is 152 Å². The maximum Gasteiger partial charge on any atom is 0.137 e.